The van der Waals surface area contributed by atoms with Gasteiger partial charge in [-0.3, -0.25) is 4.40 Å². The number of anilines is 2. The van der Waals surface area contributed by atoms with Crippen molar-refractivity contribution < 1.29 is 0 Å². The van der Waals surface area contributed by atoms with Crippen molar-refractivity contribution in [3.63, 3.8) is 0 Å². The number of nitrogens with one attached hydrogen (secondary N) is 1. The Balaban J connectivity index is 1.43. The molecular weight excluding hydrogens is 441 g/mol. The number of nitrogens with two attached hydrogens (primary N) is 1. The van der Waals surface area contributed by atoms with Gasteiger partial charge in [0.25, 0.3) is 0 Å². The number of hydrogen-bond donors (Lipinski definition) is 2. The van der Waals surface area contributed by atoms with E-state index in [1.807, 2.05) is 16.8 Å². The van der Waals surface area contributed by atoms with Crippen LogP contribution < -0.4 is 10.6 Å². The maximum absolute atomic E-state index is 8.36. The number of halogens is 2. The molecule has 1 spiro atoms. The van der Waals surface area contributed by atoms with Crippen molar-refractivity contribution in [2.75, 3.05) is 23.7 Å². The van der Waals surface area contributed by atoms with Gasteiger partial charge in [0, 0.05) is 47.7 Å². The Hall–Kier alpha value is -2.03. The summed E-state index contributed by atoms with van der Waals surface area (Å²) in [5, 5.41) is 8.91. The Morgan fingerprint density at radius 1 is 1.13 bits per heavy atom. The Bertz CT molecular complexity index is 1140. The van der Waals surface area contributed by atoms with E-state index in [2.05, 4.69) is 14.9 Å². The van der Waals surface area contributed by atoms with Gasteiger partial charge in [-0.1, -0.05) is 35.0 Å². The van der Waals surface area contributed by atoms with Gasteiger partial charge in [0.2, 0.25) is 5.95 Å². The number of hydrogen-bond acceptors (Lipinski definition) is 7. The van der Waals surface area contributed by atoms with E-state index in [1.165, 1.54) is 11.8 Å². The summed E-state index contributed by atoms with van der Waals surface area (Å²) in [6.07, 6.45) is 10.8. The molecule has 7 nitrogen and oxygen atoms in total. The highest BCUT2D eigenvalue weighted by Crippen LogP contribution is 2.44. The molecule has 3 aromatic rings. The lowest BCUT2D eigenvalue weighted by molar-refractivity contribution is 0.316. The van der Waals surface area contributed by atoms with E-state index >= 15 is 0 Å². The number of imidazole rings is 1. The molecule has 1 saturated carbocycles. The average Bonchev–Trinajstić information content (AvgIpc) is 3.35. The Morgan fingerprint density at radius 2 is 1.93 bits per heavy atom. The number of fused-ring (bicyclic) bond motifs is 1. The fourth-order valence-electron chi connectivity index (χ4n) is 4.58. The predicted molar refractivity (Wildman–Crippen MR) is 121 cm³/mol. The third kappa shape index (κ3) is 3.31. The molecule has 5 rings (SSSR count). The van der Waals surface area contributed by atoms with Crippen LogP contribution in [0.25, 0.3) is 5.65 Å². The molecule has 2 fully saturated rings. The number of rotatable bonds is 3. The van der Waals surface area contributed by atoms with Crippen molar-refractivity contribution in [3.8, 4) is 0 Å². The van der Waals surface area contributed by atoms with E-state index in [4.69, 9.17) is 39.3 Å². The van der Waals surface area contributed by atoms with Crippen LogP contribution in [0.4, 0.5) is 11.8 Å². The summed E-state index contributed by atoms with van der Waals surface area (Å²) in [6.45, 7) is 1.80. The van der Waals surface area contributed by atoms with Gasteiger partial charge in [0.15, 0.2) is 10.8 Å². The minimum absolute atomic E-state index is 0.123. The highest BCUT2D eigenvalue weighted by atomic mass is 35.5. The van der Waals surface area contributed by atoms with Crippen LogP contribution in [0.3, 0.4) is 0 Å². The van der Waals surface area contributed by atoms with Crippen molar-refractivity contribution in [2.45, 2.75) is 41.9 Å². The number of aromatic nitrogens is 4. The lowest BCUT2D eigenvalue weighted by atomic mass is 9.76. The standard InChI is InChI=1S/C20H21Cl2N7S/c21-16-12(10-15(24)27-17(16)22)30-13-11-26-19(29-9-6-25-18(13)29)28-7-4-20(5-8-28)3-1-2-14(20)23/h6,9-11,23H,1-5,7-8H2,(H2,24,27). The molecule has 10 heteroatoms. The van der Waals surface area contributed by atoms with Crippen LogP contribution in [0.1, 0.15) is 32.1 Å². The molecule has 0 bridgehead atoms. The predicted octanol–water partition coefficient (Wildman–Crippen LogP) is 4.95. The maximum Gasteiger partial charge on any atom is 0.211 e. The van der Waals surface area contributed by atoms with E-state index in [0.29, 0.717) is 15.7 Å². The lowest BCUT2D eigenvalue weighted by Gasteiger charge is -2.40. The first-order chi connectivity index (χ1) is 14.5. The number of nitrogens with zero attached hydrogens (tertiary/aromatic N) is 5. The van der Waals surface area contributed by atoms with E-state index in [9.17, 15) is 0 Å². The first kappa shape index (κ1) is 19.9. The third-order valence-electron chi connectivity index (χ3n) is 6.22. The van der Waals surface area contributed by atoms with Crippen LogP contribution in [0, 0.1) is 10.8 Å². The molecule has 0 amide bonds. The monoisotopic (exact) mass is 461 g/mol. The first-order valence-electron chi connectivity index (χ1n) is 9.91. The molecule has 4 heterocycles. The van der Waals surface area contributed by atoms with Crippen molar-refractivity contribution in [1.29, 1.82) is 5.41 Å². The van der Waals surface area contributed by atoms with Crippen LogP contribution in [0.15, 0.2) is 34.4 Å². The molecule has 0 unspecified atom stereocenters. The third-order valence-corrected chi connectivity index (χ3v) is 8.14. The number of nitrogen functional groups attached to an aromatic ring is 1. The zero-order valence-electron chi connectivity index (χ0n) is 16.2. The zero-order chi connectivity index (χ0) is 20.9. The maximum atomic E-state index is 8.36. The fourth-order valence-corrected chi connectivity index (χ4v) is 6.00. The van der Waals surface area contributed by atoms with Gasteiger partial charge in [-0.25, -0.2) is 15.0 Å². The molecule has 1 aliphatic heterocycles. The van der Waals surface area contributed by atoms with Gasteiger partial charge in [-0.2, -0.15) is 0 Å². The van der Waals surface area contributed by atoms with Gasteiger partial charge in [-0.05, 0) is 38.2 Å². The van der Waals surface area contributed by atoms with E-state index < -0.39 is 0 Å². The molecule has 0 atom stereocenters. The quantitative estimate of drug-likeness (QED) is 0.535. The molecule has 2 aliphatic rings. The highest BCUT2D eigenvalue weighted by Gasteiger charge is 2.41. The molecule has 156 valence electrons. The molecule has 1 aliphatic carbocycles. The Kier molecular flexibility index (Phi) is 5.03. The van der Waals surface area contributed by atoms with Crippen LogP contribution in [-0.2, 0) is 0 Å². The molecule has 0 aromatic carbocycles. The lowest BCUT2D eigenvalue weighted by Crippen LogP contribution is -2.43. The van der Waals surface area contributed by atoms with Crippen LogP contribution in [0.2, 0.25) is 10.2 Å². The summed E-state index contributed by atoms with van der Waals surface area (Å²) >= 11 is 13.8. The normalized spacial score (nSPS) is 18.6. The summed E-state index contributed by atoms with van der Waals surface area (Å²) in [5.74, 6) is 1.19. The fraction of sp³-hybridized carbons (Fsp3) is 0.400. The largest absolute Gasteiger partial charge is 0.384 e. The molecule has 3 N–H and O–H groups in total. The van der Waals surface area contributed by atoms with Gasteiger partial charge in [0.05, 0.1) is 9.92 Å². The van der Waals surface area contributed by atoms with Gasteiger partial charge < -0.3 is 16.0 Å². The average molecular weight is 462 g/mol. The highest BCUT2D eigenvalue weighted by molar-refractivity contribution is 7.99. The van der Waals surface area contributed by atoms with E-state index in [1.54, 1.807) is 12.3 Å². The number of piperidine rings is 1. The Labute approximate surface area is 188 Å². The van der Waals surface area contributed by atoms with Gasteiger partial charge in [0.1, 0.15) is 5.82 Å². The molecule has 30 heavy (non-hydrogen) atoms. The minimum Gasteiger partial charge on any atom is -0.384 e. The van der Waals surface area contributed by atoms with Crippen molar-refractivity contribution in [3.05, 3.63) is 34.8 Å². The zero-order valence-corrected chi connectivity index (χ0v) is 18.6. The van der Waals surface area contributed by atoms with Gasteiger partial charge >= 0.3 is 0 Å². The first-order valence-corrected chi connectivity index (χ1v) is 11.5. The summed E-state index contributed by atoms with van der Waals surface area (Å²) in [4.78, 5) is 17.2. The summed E-state index contributed by atoms with van der Waals surface area (Å²) < 4.78 is 2.01. The summed E-state index contributed by atoms with van der Waals surface area (Å²) in [7, 11) is 0. The van der Waals surface area contributed by atoms with E-state index in [0.717, 1.165) is 67.4 Å². The smallest absolute Gasteiger partial charge is 0.211 e. The topological polar surface area (TPSA) is 96.2 Å². The Morgan fingerprint density at radius 3 is 2.67 bits per heavy atom. The van der Waals surface area contributed by atoms with Crippen molar-refractivity contribution >= 4 is 58.1 Å². The van der Waals surface area contributed by atoms with Crippen LogP contribution in [0.5, 0.6) is 0 Å². The molecule has 0 radical (unpaired) electrons. The van der Waals surface area contributed by atoms with Crippen LogP contribution in [-0.4, -0.2) is 38.2 Å². The summed E-state index contributed by atoms with van der Waals surface area (Å²) in [5.41, 5.74) is 7.71. The van der Waals surface area contributed by atoms with Crippen molar-refractivity contribution in [2.24, 2.45) is 5.41 Å². The van der Waals surface area contributed by atoms with E-state index in [-0.39, 0.29) is 10.6 Å². The molecular formula is C20H21Cl2N7S. The molecule has 1 saturated heterocycles. The van der Waals surface area contributed by atoms with Crippen LogP contribution >= 0.6 is 35.0 Å². The van der Waals surface area contributed by atoms with Gasteiger partial charge in [-0.15, -0.1) is 0 Å². The second-order valence-electron chi connectivity index (χ2n) is 7.89. The minimum atomic E-state index is 0.123. The summed E-state index contributed by atoms with van der Waals surface area (Å²) in [6, 6.07) is 1.70. The number of pyridine rings is 1. The molecule has 3 aromatic heterocycles. The second-order valence-corrected chi connectivity index (χ2v) is 9.71. The SMILES string of the molecule is N=C1CCCC12CCN(c1ncc(Sc3cc(N)nc(Cl)c3Cl)c3nccn13)CC2. The second kappa shape index (κ2) is 7.59. The van der Waals surface area contributed by atoms with Crippen molar-refractivity contribution in [1.82, 2.24) is 19.4 Å².